The van der Waals surface area contributed by atoms with E-state index < -0.39 is 0 Å². The fourth-order valence-corrected chi connectivity index (χ4v) is 2.97. The largest absolute Gasteiger partial charge is 0.331 e. The zero-order valence-corrected chi connectivity index (χ0v) is 11.3. The maximum Gasteiger partial charge on any atom is 0.0950 e. The second-order valence-electron chi connectivity index (χ2n) is 6.52. The topological polar surface area (TPSA) is 43.8 Å². The van der Waals surface area contributed by atoms with Gasteiger partial charge in [-0.2, -0.15) is 0 Å². The molecular weight excluding hydrogens is 210 g/mol. The van der Waals surface area contributed by atoms with Gasteiger partial charge in [0.2, 0.25) is 0 Å². The number of nitrogens with zero attached hydrogens (tertiary/aromatic N) is 2. The van der Waals surface area contributed by atoms with Crippen molar-refractivity contribution in [2.75, 3.05) is 6.54 Å². The highest BCUT2D eigenvalue weighted by atomic mass is 15.1. The van der Waals surface area contributed by atoms with Gasteiger partial charge in [-0.1, -0.05) is 27.2 Å². The van der Waals surface area contributed by atoms with Crippen molar-refractivity contribution >= 4 is 0 Å². The average Bonchev–Trinajstić information content (AvgIpc) is 2.82. The van der Waals surface area contributed by atoms with Crippen molar-refractivity contribution in [2.45, 2.75) is 52.5 Å². The SMILES string of the molecule is CC(C)(C)Cc1cncn1C1CCCC1CN. The Morgan fingerprint density at radius 3 is 2.82 bits per heavy atom. The van der Waals surface area contributed by atoms with Crippen LogP contribution in [0.5, 0.6) is 0 Å². The van der Waals surface area contributed by atoms with Gasteiger partial charge in [-0.3, -0.25) is 0 Å². The van der Waals surface area contributed by atoms with E-state index in [1.165, 1.54) is 25.0 Å². The lowest BCUT2D eigenvalue weighted by Gasteiger charge is -2.25. The zero-order chi connectivity index (χ0) is 12.5. The summed E-state index contributed by atoms with van der Waals surface area (Å²) in [6.45, 7) is 7.63. The van der Waals surface area contributed by atoms with Gasteiger partial charge in [-0.05, 0) is 37.1 Å². The Kier molecular flexibility index (Phi) is 3.57. The van der Waals surface area contributed by atoms with E-state index in [9.17, 15) is 0 Å². The molecule has 0 saturated heterocycles. The van der Waals surface area contributed by atoms with Crippen LogP contribution >= 0.6 is 0 Å². The third kappa shape index (κ3) is 2.89. The van der Waals surface area contributed by atoms with Gasteiger partial charge in [-0.15, -0.1) is 0 Å². The van der Waals surface area contributed by atoms with Gasteiger partial charge in [0.05, 0.1) is 6.33 Å². The van der Waals surface area contributed by atoms with E-state index in [4.69, 9.17) is 5.73 Å². The average molecular weight is 235 g/mol. The van der Waals surface area contributed by atoms with Gasteiger partial charge in [0.15, 0.2) is 0 Å². The smallest absolute Gasteiger partial charge is 0.0950 e. The molecule has 0 spiro atoms. The first-order chi connectivity index (χ1) is 8.01. The first kappa shape index (κ1) is 12.6. The van der Waals surface area contributed by atoms with Gasteiger partial charge in [0.1, 0.15) is 0 Å². The van der Waals surface area contributed by atoms with Crippen molar-refractivity contribution in [1.82, 2.24) is 9.55 Å². The highest BCUT2D eigenvalue weighted by Crippen LogP contribution is 2.36. The Morgan fingerprint density at radius 2 is 2.18 bits per heavy atom. The van der Waals surface area contributed by atoms with E-state index in [-0.39, 0.29) is 0 Å². The molecule has 96 valence electrons. The lowest BCUT2D eigenvalue weighted by atomic mass is 9.90. The van der Waals surface area contributed by atoms with Crippen LogP contribution in [0.1, 0.15) is 51.8 Å². The summed E-state index contributed by atoms with van der Waals surface area (Å²) in [6.07, 6.45) is 8.95. The highest BCUT2D eigenvalue weighted by Gasteiger charge is 2.29. The van der Waals surface area contributed by atoms with Crippen LogP contribution in [-0.4, -0.2) is 16.1 Å². The molecule has 0 aromatic carbocycles. The van der Waals surface area contributed by atoms with E-state index in [0.29, 0.717) is 17.4 Å². The van der Waals surface area contributed by atoms with Gasteiger partial charge in [0.25, 0.3) is 0 Å². The maximum absolute atomic E-state index is 5.87. The first-order valence-corrected chi connectivity index (χ1v) is 6.72. The quantitative estimate of drug-likeness (QED) is 0.875. The summed E-state index contributed by atoms with van der Waals surface area (Å²) in [5.41, 5.74) is 7.55. The van der Waals surface area contributed by atoms with Crippen molar-refractivity contribution in [1.29, 1.82) is 0 Å². The molecule has 0 amide bonds. The number of hydrogen-bond donors (Lipinski definition) is 1. The summed E-state index contributed by atoms with van der Waals surface area (Å²) < 4.78 is 2.38. The maximum atomic E-state index is 5.87. The summed E-state index contributed by atoms with van der Waals surface area (Å²) in [4.78, 5) is 4.34. The predicted molar refractivity (Wildman–Crippen MR) is 70.8 cm³/mol. The number of aromatic nitrogens is 2. The second kappa shape index (κ2) is 4.81. The first-order valence-electron chi connectivity index (χ1n) is 6.72. The molecular formula is C14H25N3. The number of rotatable bonds is 3. The molecule has 1 aliphatic rings. The van der Waals surface area contributed by atoms with Crippen LogP contribution in [0.15, 0.2) is 12.5 Å². The zero-order valence-electron chi connectivity index (χ0n) is 11.3. The van der Waals surface area contributed by atoms with Crippen LogP contribution < -0.4 is 5.73 Å². The second-order valence-corrected chi connectivity index (χ2v) is 6.52. The van der Waals surface area contributed by atoms with E-state index in [1.54, 1.807) is 0 Å². The molecule has 1 heterocycles. The van der Waals surface area contributed by atoms with E-state index >= 15 is 0 Å². The van der Waals surface area contributed by atoms with Crippen LogP contribution in [0.4, 0.5) is 0 Å². The molecule has 1 aromatic rings. The van der Waals surface area contributed by atoms with Crippen molar-refractivity contribution in [3.8, 4) is 0 Å². The molecule has 2 N–H and O–H groups in total. The molecule has 0 bridgehead atoms. The molecule has 17 heavy (non-hydrogen) atoms. The van der Waals surface area contributed by atoms with Crippen LogP contribution in [0.25, 0.3) is 0 Å². The van der Waals surface area contributed by atoms with Gasteiger partial charge in [0, 0.05) is 17.9 Å². The molecule has 2 atom stereocenters. The molecule has 0 radical (unpaired) electrons. The molecule has 1 saturated carbocycles. The summed E-state index contributed by atoms with van der Waals surface area (Å²) in [6, 6.07) is 0.583. The van der Waals surface area contributed by atoms with E-state index in [2.05, 4.69) is 30.3 Å². The van der Waals surface area contributed by atoms with Crippen LogP contribution in [-0.2, 0) is 6.42 Å². The monoisotopic (exact) mass is 235 g/mol. The summed E-state index contributed by atoms with van der Waals surface area (Å²) in [7, 11) is 0. The standard InChI is InChI=1S/C14H25N3/c1-14(2,3)7-12-9-16-10-17(12)13-6-4-5-11(13)8-15/h9-11,13H,4-8,15H2,1-3H3. The Balaban J connectivity index is 2.18. The number of nitrogens with two attached hydrogens (primary N) is 1. The molecule has 1 aliphatic carbocycles. The molecule has 0 aliphatic heterocycles. The van der Waals surface area contributed by atoms with Crippen LogP contribution in [0.3, 0.4) is 0 Å². The fourth-order valence-electron chi connectivity index (χ4n) is 2.97. The normalized spacial score (nSPS) is 25.4. The van der Waals surface area contributed by atoms with Gasteiger partial charge >= 0.3 is 0 Å². The molecule has 2 rings (SSSR count). The lowest BCUT2D eigenvalue weighted by molar-refractivity contribution is 0.350. The summed E-state index contributed by atoms with van der Waals surface area (Å²) >= 11 is 0. The molecule has 3 nitrogen and oxygen atoms in total. The number of hydrogen-bond acceptors (Lipinski definition) is 2. The van der Waals surface area contributed by atoms with E-state index in [0.717, 1.165) is 13.0 Å². The van der Waals surface area contributed by atoms with Crippen molar-refractivity contribution in [2.24, 2.45) is 17.1 Å². The molecule has 1 aromatic heterocycles. The van der Waals surface area contributed by atoms with Crippen molar-refractivity contribution in [3.05, 3.63) is 18.2 Å². The Morgan fingerprint density at radius 1 is 1.41 bits per heavy atom. The Hall–Kier alpha value is -0.830. The minimum absolute atomic E-state index is 0.314. The van der Waals surface area contributed by atoms with Crippen LogP contribution in [0, 0.1) is 11.3 Å². The summed E-state index contributed by atoms with van der Waals surface area (Å²) in [5.74, 6) is 0.642. The minimum atomic E-state index is 0.314. The lowest BCUT2D eigenvalue weighted by Crippen LogP contribution is -2.23. The van der Waals surface area contributed by atoms with Crippen molar-refractivity contribution in [3.63, 3.8) is 0 Å². The molecule has 1 fully saturated rings. The third-order valence-corrected chi connectivity index (χ3v) is 3.74. The number of imidazole rings is 1. The predicted octanol–water partition coefficient (Wildman–Crippen LogP) is 2.77. The van der Waals surface area contributed by atoms with Crippen molar-refractivity contribution < 1.29 is 0 Å². The van der Waals surface area contributed by atoms with Crippen LogP contribution in [0.2, 0.25) is 0 Å². The Labute approximate surface area is 104 Å². The van der Waals surface area contributed by atoms with Gasteiger partial charge < -0.3 is 10.3 Å². The van der Waals surface area contributed by atoms with E-state index in [1.807, 2.05) is 12.5 Å². The summed E-state index contributed by atoms with van der Waals surface area (Å²) in [5, 5.41) is 0. The Bertz CT molecular complexity index is 362. The fraction of sp³-hybridized carbons (Fsp3) is 0.786. The van der Waals surface area contributed by atoms with Gasteiger partial charge in [-0.25, -0.2) is 4.98 Å². The molecule has 3 heteroatoms. The highest BCUT2D eigenvalue weighted by molar-refractivity contribution is 5.05. The third-order valence-electron chi connectivity index (χ3n) is 3.74. The minimum Gasteiger partial charge on any atom is -0.331 e. The molecule has 2 unspecified atom stereocenters.